The molecular formula is C13H15N3O3. The molecule has 0 aromatic carbocycles. The van der Waals surface area contributed by atoms with Crippen LogP contribution in [-0.4, -0.2) is 25.4 Å². The minimum atomic E-state index is -1.10. The molecule has 2 heterocycles. The van der Waals surface area contributed by atoms with Crippen molar-refractivity contribution in [3.63, 3.8) is 0 Å². The lowest BCUT2D eigenvalue weighted by Crippen LogP contribution is -2.21. The molecule has 0 amide bonds. The summed E-state index contributed by atoms with van der Waals surface area (Å²) in [6, 6.07) is 4.63. The zero-order valence-corrected chi connectivity index (χ0v) is 10.8. The topological polar surface area (TPSA) is 77.1 Å². The van der Waals surface area contributed by atoms with Crippen LogP contribution in [0.2, 0.25) is 0 Å². The van der Waals surface area contributed by atoms with Crippen molar-refractivity contribution < 1.29 is 9.90 Å². The second-order valence-electron chi connectivity index (χ2n) is 4.57. The fraction of sp³-hybridized carbons (Fsp3) is 0.308. The van der Waals surface area contributed by atoms with Gasteiger partial charge in [-0.3, -0.25) is 9.48 Å². The summed E-state index contributed by atoms with van der Waals surface area (Å²) in [6.07, 6.45) is 3.33. The molecule has 2 aromatic rings. The van der Waals surface area contributed by atoms with Gasteiger partial charge in [-0.15, -0.1) is 0 Å². The van der Waals surface area contributed by atoms with Crippen LogP contribution in [0.15, 0.2) is 35.4 Å². The first-order valence-corrected chi connectivity index (χ1v) is 5.95. The van der Waals surface area contributed by atoms with Crippen molar-refractivity contribution in [2.75, 3.05) is 0 Å². The third-order valence-corrected chi connectivity index (χ3v) is 2.77. The van der Waals surface area contributed by atoms with E-state index in [-0.39, 0.29) is 17.2 Å². The number of pyridine rings is 1. The predicted molar refractivity (Wildman–Crippen MR) is 69.4 cm³/mol. The summed E-state index contributed by atoms with van der Waals surface area (Å²) in [5.41, 5.74) is 0.409. The van der Waals surface area contributed by atoms with E-state index < -0.39 is 5.97 Å². The van der Waals surface area contributed by atoms with Gasteiger partial charge in [0.1, 0.15) is 0 Å². The minimum absolute atomic E-state index is 0.00559. The molecule has 6 nitrogen and oxygen atoms in total. The Balaban J connectivity index is 2.23. The summed E-state index contributed by atoms with van der Waals surface area (Å²) in [4.78, 5) is 22.5. The summed E-state index contributed by atoms with van der Waals surface area (Å²) in [5.74, 6) is -1.10. The van der Waals surface area contributed by atoms with Gasteiger partial charge in [0, 0.05) is 24.5 Å². The molecule has 0 fully saturated rings. The monoisotopic (exact) mass is 261 g/mol. The zero-order valence-electron chi connectivity index (χ0n) is 10.8. The van der Waals surface area contributed by atoms with Gasteiger partial charge < -0.3 is 9.67 Å². The van der Waals surface area contributed by atoms with E-state index in [9.17, 15) is 9.59 Å². The highest BCUT2D eigenvalue weighted by Crippen LogP contribution is 2.05. The molecule has 0 aliphatic heterocycles. The van der Waals surface area contributed by atoms with Gasteiger partial charge in [0.25, 0.3) is 5.56 Å². The molecule has 100 valence electrons. The quantitative estimate of drug-likeness (QED) is 0.901. The molecule has 0 spiro atoms. The van der Waals surface area contributed by atoms with E-state index in [1.54, 1.807) is 0 Å². The van der Waals surface area contributed by atoms with E-state index in [0.29, 0.717) is 6.54 Å². The lowest BCUT2D eigenvalue weighted by molar-refractivity contribution is 0.0696. The van der Waals surface area contributed by atoms with Crippen molar-refractivity contribution in [1.82, 2.24) is 14.3 Å². The molecule has 0 radical (unpaired) electrons. The van der Waals surface area contributed by atoms with E-state index in [1.165, 1.54) is 16.8 Å². The first-order chi connectivity index (χ1) is 8.97. The second-order valence-corrected chi connectivity index (χ2v) is 4.57. The van der Waals surface area contributed by atoms with Crippen molar-refractivity contribution in [2.24, 2.45) is 0 Å². The number of hydrogen-bond acceptors (Lipinski definition) is 3. The van der Waals surface area contributed by atoms with Crippen molar-refractivity contribution in [3.8, 4) is 0 Å². The summed E-state index contributed by atoms with van der Waals surface area (Å²) >= 11 is 0. The molecule has 0 saturated carbocycles. The molecule has 0 unspecified atom stereocenters. The van der Waals surface area contributed by atoms with Crippen LogP contribution in [-0.2, 0) is 6.54 Å². The Morgan fingerprint density at radius 1 is 1.37 bits per heavy atom. The van der Waals surface area contributed by atoms with Crippen LogP contribution in [0.5, 0.6) is 0 Å². The molecule has 0 bridgehead atoms. The fourth-order valence-electron chi connectivity index (χ4n) is 1.70. The Hall–Kier alpha value is -2.37. The Morgan fingerprint density at radius 3 is 2.63 bits per heavy atom. The average Bonchev–Trinajstić information content (AvgIpc) is 2.80. The third-order valence-electron chi connectivity index (χ3n) is 2.77. The van der Waals surface area contributed by atoms with Gasteiger partial charge in [0.15, 0.2) is 0 Å². The van der Waals surface area contributed by atoms with Crippen molar-refractivity contribution in [3.05, 3.63) is 52.2 Å². The van der Waals surface area contributed by atoms with Crippen molar-refractivity contribution in [2.45, 2.75) is 26.4 Å². The van der Waals surface area contributed by atoms with E-state index in [0.717, 1.165) is 11.8 Å². The molecule has 0 aliphatic carbocycles. The van der Waals surface area contributed by atoms with Crippen LogP contribution in [0.1, 0.15) is 35.9 Å². The molecular weight excluding hydrogens is 246 g/mol. The maximum atomic E-state index is 11.8. The number of hydrogen-bond donors (Lipinski definition) is 1. The lowest BCUT2D eigenvalue weighted by Gasteiger charge is -2.05. The number of aromatic nitrogens is 3. The van der Waals surface area contributed by atoms with Gasteiger partial charge in [-0.2, -0.15) is 5.10 Å². The Morgan fingerprint density at radius 2 is 2.11 bits per heavy atom. The molecule has 0 atom stereocenters. The summed E-state index contributed by atoms with van der Waals surface area (Å²) in [5, 5.41) is 13.1. The van der Waals surface area contributed by atoms with Crippen LogP contribution >= 0.6 is 0 Å². The number of carboxylic acids is 1. The number of rotatable bonds is 4. The SMILES string of the molecule is CC(C)n1ccc(Cn2ccc(C(=O)O)cc2=O)n1. The molecule has 6 heteroatoms. The first kappa shape index (κ1) is 13.1. The van der Waals surface area contributed by atoms with E-state index in [4.69, 9.17) is 5.11 Å². The van der Waals surface area contributed by atoms with E-state index in [2.05, 4.69) is 5.10 Å². The van der Waals surface area contributed by atoms with Gasteiger partial charge in [0.2, 0.25) is 0 Å². The van der Waals surface area contributed by atoms with Crippen LogP contribution in [0, 0.1) is 0 Å². The number of carbonyl (C=O) groups is 1. The molecule has 1 N–H and O–H groups in total. The van der Waals surface area contributed by atoms with Crippen LogP contribution in [0.25, 0.3) is 0 Å². The number of aromatic carboxylic acids is 1. The maximum Gasteiger partial charge on any atom is 0.335 e. The fourth-order valence-corrected chi connectivity index (χ4v) is 1.70. The van der Waals surface area contributed by atoms with Crippen LogP contribution in [0.3, 0.4) is 0 Å². The Kier molecular flexibility index (Phi) is 3.50. The molecule has 0 aliphatic rings. The zero-order chi connectivity index (χ0) is 14.0. The Bertz CT molecular complexity index is 655. The maximum absolute atomic E-state index is 11.8. The average molecular weight is 261 g/mol. The van der Waals surface area contributed by atoms with Gasteiger partial charge in [-0.05, 0) is 26.0 Å². The van der Waals surface area contributed by atoms with Gasteiger partial charge in [-0.1, -0.05) is 0 Å². The van der Waals surface area contributed by atoms with Crippen molar-refractivity contribution >= 4 is 5.97 Å². The lowest BCUT2D eigenvalue weighted by atomic mass is 10.2. The third kappa shape index (κ3) is 2.90. The molecule has 0 saturated heterocycles. The van der Waals surface area contributed by atoms with Gasteiger partial charge >= 0.3 is 5.97 Å². The smallest absolute Gasteiger partial charge is 0.335 e. The standard InChI is InChI=1S/C13H15N3O3/c1-9(2)16-6-4-11(14-16)8-15-5-3-10(13(18)19)7-12(15)17/h3-7,9H,8H2,1-2H3,(H,18,19). The van der Waals surface area contributed by atoms with Crippen molar-refractivity contribution in [1.29, 1.82) is 0 Å². The second kappa shape index (κ2) is 5.09. The highest BCUT2D eigenvalue weighted by Gasteiger charge is 2.07. The van der Waals surface area contributed by atoms with E-state index in [1.807, 2.05) is 30.8 Å². The van der Waals surface area contributed by atoms with Crippen LogP contribution < -0.4 is 5.56 Å². The summed E-state index contributed by atoms with van der Waals surface area (Å²) in [7, 11) is 0. The number of nitrogens with zero attached hydrogens (tertiary/aromatic N) is 3. The minimum Gasteiger partial charge on any atom is -0.478 e. The summed E-state index contributed by atoms with van der Waals surface area (Å²) in [6.45, 7) is 4.37. The van der Waals surface area contributed by atoms with Gasteiger partial charge in [-0.25, -0.2) is 4.79 Å². The highest BCUT2D eigenvalue weighted by molar-refractivity contribution is 5.87. The first-order valence-electron chi connectivity index (χ1n) is 5.95. The summed E-state index contributed by atoms with van der Waals surface area (Å²) < 4.78 is 3.24. The highest BCUT2D eigenvalue weighted by atomic mass is 16.4. The van der Waals surface area contributed by atoms with Crippen LogP contribution in [0.4, 0.5) is 0 Å². The molecule has 19 heavy (non-hydrogen) atoms. The molecule has 2 rings (SSSR count). The predicted octanol–water partition coefficient (Wildman–Crippen LogP) is 1.37. The Labute approximate surface area is 109 Å². The van der Waals surface area contributed by atoms with Gasteiger partial charge in [0.05, 0.1) is 17.8 Å². The molecule has 2 aromatic heterocycles. The number of carboxylic acid groups (broad SMARTS) is 1. The van der Waals surface area contributed by atoms with E-state index >= 15 is 0 Å². The normalized spacial score (nSPS) is 10.9. The largest absolute Gasteiger partial charge is 0.478 e.